The Bertz CT molecular complexity index is 1560. The topological polar surface area (TPSA) is 135 Å². The molecule has 2 amide bonds. The predicted molar refractivity (Wildman–Crippen MR) is 169 cm³/mol. The molecule has 0 radical (unpaired) electrons. The van der Waals surface area contributed by atoms with Crippen LogP contribution in [0.25, 0.3) is 0 Å². The van der Waals surface area contributed by atoms with Crippen LogP contribution in [0.15, 0.2) is 16.7 Å². The van der Waals surface area contributed by atoms with E-state index in [1.54, 1.807) is 23.3 Å². The van der Waals surface area contributed by atoms with E-state index in [1.165, 1.54) is 0 Å². The van der Waals surface area contributed by atoms with Crippen molar-refractivity contribution in [3.05, 3.63) is 38.5 Å². The third kappa shape index (κ3) is 4.81. The second kappa shape index (κ2) is 11.9. The Morgan fingerprint density at radius 1 is 1.32 bits per heavy atom. The lowest BCUT2D eigenvalue weighted by Gasteiger charge is -2.29. The second-order valence-corrected chi connectivity index (χ2v) is 13.6. The molecule has 0 saturated carbocycles. The third-order valence-corrected chi connectivity index (χ3v) is 11.1. The first-order valence-corrected chi connectivity index (χ1v) is 16.6. The van der Waals surface area contributed by atoms with Gasteiger partial charge in [-0.2, -0.15) is 19.7 Å². The number of carbonyl (C=O) groups is 2. The van der Waals surface area contributed by atoms with Gasteiger partial charge in [0.2, 0.25) is 17.5 Å². The van der Waals surface area contributed by atoms with E-state index in [2.05, 4.69) is 24.9 Å². The zero-order valence-corrected chi connectivity index (χ0v) is 27.1. The van der Waals surface area contributed by atoms with Crippen LogP contribution in [-0.4, -0.2) is 78.8 Å². The van der Waals surface area contributed by atoms with Crippen LogP contribution >= 0.6 is 11.3 Å². The Labute approximate surface area is 262 Å². The van der Waals surface area contributed by atoms with Crippen molar-refractivity contribution in [2.24, 2.45) is 5.73 Å². The number of allylic oxidation sites excluding steroid dienone is 2. The van der Waals surface area contributed by atoms with Crippen LogP contribution in [-0.2, 0) is 11.2 Å². The van der Waals surface area contributed by atoms with Crippen LogP contribution in [0.5, 0.6) is 5.88 Å². The number of likely N-dealkylation sites (tertiary alicyclic amines) is 1. The van der Waals surface area contributed by atoms with Gasteiger partial charge in [-0.1, -0.05) is 13.3 Å². The van der Waals surface area contributed by atoms with E-state index in [9.17, 15) is 14.9 Å². The summed E-state index contributed by atoms with van der Waals surface area (Å²) in [5.41, 5.74) is 9.91. The summed E-state index contributed by atoms with van der Waals surface area (Å²) in [5, 5.41) is 11.7. The number of likely N-dealkylation sites (N-methyl/N-ethyl adjacent to an activating group) is 1. The summed E-state index contributed by atoms with van der Waals surface area (Å²) in [5.74, 6) is 0.0590. The van der Waals surface area contributed by atoms with Crippen molar-refractivity contribution in [2.45, 2.75) is 89.8 Å². The maximum atomic E-state index is 14.5. The van der Waals surface area contributed by atoms with Crippen molar-refractivity contribution < 1.29 is 19.1 Å². The van der Waals surface area contributed by atoms with Crippen LogP contribution in [0.3, 0.4) is 0 Å². The average molecular weight is 621 g/mol. The molecule has 0 bridgehead atoms. The highest BCUT2D eigenvalue weighted by atomic mass is 32.1. The van der Waals surface area contributed by atoms with E-state index in [0.29, 0.717) is 60.4 Å². The standard InChI is InChI=1S/C32H41N7O4S/c1-6-8-22(26(34)21-9-7-10-24-25(21)20(15-33)16-44-24)28(40)29-35-30-27(38(5)32(41)39(30)13-14-42-17-39)31(36-29)43-19(3)23-12-11-18(2)37(23)4/h16,18-19,21,23H,6-14,17H2,1-5H3,(H-,34,40)/p+1/t18-,19?,21?,23-,39?/m0/s1. The minimum Gasteiger partial charge on any atom is -0.471 e. The summed E-state index contributed by atoms with van der Waals surface area (Å²) < 4.78 is 12.2. The van der Waals surface area contributed by atoms with Crippen LogP contribution in [0.1, 0.15) is 91.8 Å². The van der Waals surface area contributed by atoms with Crippen LogP contribution in [0, 0.1) is 11.3 Å². The number of Topliss-reactive ketones (excluding diaryl/α,β-unsaturated/α-hetero) is 1. The summed E-state index contributed by atoms with van der Waals surface area (Å²) in [4.78, 5) is 42.8. The number of nitrogens with two attached hydrogens (primary N) is 1. The lowest BCUT2D eigenvalue weighted by molar-refractivity contribution is 0.0984. The monoisotopic (exact) mass is 620 g/mol. The zero-order chi connectivity index (χ0) is 31.3. The van der Waals surface area contributed by atoms with Crippen molar-refractivity contribution in [1.82, 2.24) is 19.4 Å². The molecule has 1 spiro atoms. The van der Waals surface area contributed by atoms with Gasteiger partial charge in [-0.3, -0.25) is 14.6 Å². The highest BCUT2D eigenvalue weighted by Crippen LogP contribution is 2.48. The third-order valence-electron chi connectivity index (χ3n) is 10.1. The number of hydrogen-bond acceptors (Lipinski definition) is 10. The minimum absolute atomic E-state index is 0.0279. The maximum absolute atomic E-state index is 14.5. The van der Waals surface area contributed by atoms with Gasteiger partial charge >= 0.3 is 6.03 Å². The Morgan fingerprint density at radius 3 is 2.77 bits per heavy atom. The molecule has 2 saturated heterocycles. The van der Waals surface area contributed by atoms with Crippen molar-refractivity contribution in [3.8, 4) is 11.9 Å². The van der Waals surface area contributed by atoms with Gasteiger partial charge < -0.3 is 15.2 Å². The number of ketones is 1. The maximum Gasteiger partial charge on any atom is 0.432 e. The average Bonchev–Trinajstić information content (AvgIpc) is 3.80. The van der Waals surface area contributed by atoms with Gasteiger partial charge in [0.1, 0.15) is 25.3 Å². The van der Waals surface area contributed by atoms with E-state index in [1.807, 2.05) is 19.2 Å². The van der Waals surface area contributed by atoms with E-state index >= 15 is 0 Å². The molecule has 2 N–H and O–H groups in total. The number of fused-ring (bicyclic) bond motifs is 3. The number of aryl methyl sites for hydroxylation is 1. The summed E-state index contributed by atoms with van der Waals surface area (Å²) in [7, 11) is 3.80. The van der Waals surface area contributed by atoms with E-state index in [4.69, 9.17) is 25.2 Å². The Hall–Kier alpha value is -3.37. The number of nitrogens with zero attached hydrogens (tertiary/aromatic N) is 6. The molecule has 6 rings (SSSR count). The molecule has 3 unspecified atom stereocenters. The van der Waals surface area contributed by atoms with E-state index < -0.39 is 0 Å². The quantitative estimate of drug-likeness (QED) is 0.250. The molecule has 4 aliphatic rings. The number of thiophene rings is 1. The van der Waals surface area contributed by atoms with Crippen molar-refractivity contribution in [1.29, 1.82) is 5.26 Å². The molecule has 2 aromatic rings. The van der Waals surface area contributed by atoms with Gasteiger partial charge in [-0.05, 0) is 65.0 Å². The molecular weight excluding hydrogens is 578 g/mol. The minimum atomic E-state index is -0.364. The molecule has 11 nitrogen and oxygen atoms in total. The molecule has 2 fully saturated rings. The molecule has 1 aliphatic carbocycles. The van der Waals surface area contributed by atoms with Gasteiger partial charge in [0.25, 0.3) is 5.82 Å². The summed E-state index contributed by atoms with van der Waals surface area (Å²) in [6, 6.07) is 2.75. The number of urea groups is 1. The lowest BCUT2D eigenvalue weighted by Crippen LogP contribution is -2.53. The summed E-state index contributed by atoms with van der Waals surface area (Å²) >= 11 is 1.59. The van der Waals surface area contributed by atoms with Crippen LogP contribution in [0.2, 0.25) is 0 Å². The fraction of sp³-hybridized carbons (Fsp3) is 0.594. The predicted octanol–water partition coefficient (Wildman–Crippen LogP) is 4.84. The fourth-order valence-corrected chi connectivity index (χ4v) is 8.52. The molecule has 0 aromatic carbocycles. The SMILES string of the molecule is CCC/C(C(=O)c1nc(OC(C)[C@@H]2CC[C@H](C)N2C)c2c(n1)[N+]1(CCOC1)C(=O)N2C)=C(/N)C1CCCc2scc(C#N)c21. The molecule has 2 aromatic heterocycles. The Balaban J connectivity index is 1.46. The molecule has 12 heteroatoms. The van der Waals surface area contributed by atoms with Crippen molar-refractivity contribution >= 4 is 34.7 Å². The Morgan fingerprint density at radius 2 is 2.11 bits per heavy atom. The fourth-order valence-electron chi connectivity index (χ4n) is 7.44. The number of quaternary nitrogens is 1. The first-order valence-electron chi connectivity index (χ1n) is 15.7. The first kappa shape index (κ1) is 30.6. The number of nitriles is 1. The van der Waals surface area contributed by atoms with Gasteiger partial charge in [-0.25, -0.2) is 4.79 Å². The van der Waals surface area contributed by atoms with Crippen LogP contribution in [0.4, 0.5) is 16.3 Å². The summed E-state index contributed by atoms with van der Waals surface area (Å²) in [6.07, 6.45) is 5.58. The first-order chi connectivity index (χ1) is 21.1. The van der Waals surface area contributed by atoms with Crippen LogP contribution < -0.4 is 19.9 Å². The molecule has 5 heterocycles. The normalized spacial score (nSPS) is 27.7. The number of amides is 2. The number of hydrogen-bond donors (Lipinski definition) is 1. The molecule has 234 valence electrons. The highest BCUT2D eigenvalue weighted by molar-refractivity contribution is 7.10. The van der Waals surface area contributed by atoms with Gasteiger partial charge in [0.05, 0.1) is 5.56 Å². The molecular formula is C32H42N7O4S+. The number of anilines is 1. The smallest absolute Gasteiger partial charge is 0.432 e. The van der Waals surface area contributed by atoms with E-state index in [0.717, 1.165) is 42.5 Å². The van der Waals surface area contributed by atoms with Crippen molar-refractivity contribution in [3.63, 3.8) is 0 Å². The molecule has 5 atom stereocenters. The number of rotatable bonds is 8. The van der Waals surface area contributed by atoms with Gasteiger partial charge in [0.15, 0.2) is 12.4 Å². The van der Waals surface area contributed by atoms with Crippen molar-refractivity contribution in [2.75, 3.05) is 38.9 Å². The lowest BCUT2D eigenvalue weighted by atomic mass is 9.81. The summed E-state index contributed by atoms with van der Waals surface area (Å²) in [6.45, 7) is 7.19. The largest absolute Gasteiger partial charge is 0.471 e. The van der Waals surface area contributed by atoms with Gasteiger partial charge in [0, 0.05) is 46.6 Å². The molecule has 3 aliphatic heterocycles. The molecule has 44 heavy (non-hydrogen) atoms. The second-order valence-electron chi connectivity index (χ2n) is 12.6. The zero-order valence-electron chi connectivity index (χ0n) is 26.3. The number of aromatic nitrogens is 2. The highest BCUT2D eigenvalue weighted by Gasteiger charge is 2.57. The number of carbonyl (C=O) groups excluding carboxylic acids is 2. The van der Waals surface area contributed by atoms with Gasteiger partial charge in [-0.15, -0.1) is 11.3 Å². The Kier molecular flexibility index (Phi) is 8.26. The van der Waals surface area contributed by atoms with E-state index in [-0.39, 0.29) is 52.8 Å². The number of ether oxygens (including phenoxy) is 2.